The van der Waals surface area contributed by atoms with Crippen LogP contribution >= 0.6 is 23.2 Å². The SMILES string of the molecule is Cc1ccc(C(C)C)cc1N1CCc2nc(Cl)nc(Cl)c2C1. The number of hydrogen-bond donors (Lipinski definition) is 0. The van der Waals surface area contributed by atoms with E-state index < -0.39 is 0 Å². The molecule has 1 aromatic heterocycles. The Morgan fingerprint density at radius 2 is 1.95 bits per heavy atom. The van der Waals surface area contributed by atoms with E-state index in [1.807, 2.05) is 0 Å². The van der Waals surface area contributed by atoms with E-state index in [-0.39, 0.29) is 5.28 Å². The zero-order valence-electron chi connectivity index (χ0n) is 13.0. The number of anilines is 1. The Balaban J connectivity index is 1.96. The van der Waals surface area contributed by atoms with Crippen LogP contribution in [0.1, 0.15) is 42.1 Å². The summed E-state index contributed by atoms with van der Waals surface area (Å²) in [6, 6.07) is 6.69. The maximum absolute atomic E-state index is 6.26. The Hall–Kier alpha value is -1.32. The van der Waals surface area contributed by atoms with E-state index in [2.05, 4.69) is 53.8 Å². The average molecular weight is 336 g/mol. The van der Waals surface area contributed by atoms with Gasteiger partial charge in [0.1, 0.15) is 5.15 Å². The lowest BCUT2D eigenvalue weighted by Crippen LogP contribution is -2.32. The standard InChI is InChI=1S/C17H19Cl2N3/c1-10(2)12-5-4-11(3)15(8-12)22-7-6-14-13(9-22)16(18)21-17(19)20-14/h4-5,8,10H,6-7,9H2,1-3H3. The molecule has 0 atom stereocenters. The summed E-state index contributed by atoms with van der Waals surface area (Å²) in [5, 5.41) is 0.701. The van der Waals surface area contributed by atoms with Crippen molar-refractivity contribution in [2.75, 3.05) is 11.4 Å². The van der Waals surface area contributed by atoms with Crippen molar-refractivity contribution in [2.24, 2.45) is 0 Å². The molecular weight excluding hydrogens is 317 g/mol. The van der Waals surface area contributed by atoms with E-state index in [1.54, 1.807) is 0 Å². The highest BCUT2D eigenvalue weighted by Crippen LogP contribution is 2.31. The van der Waals surface area contributed by atoms with Crippen LogP contribution < -0.4 is 4.90 Å². The third-order valence-electron chi connectivity index (χ3n) is 4.22. The lowest BCUT2D eigenvalue weighted by atomic mass is 9.98. The van der Waals surface area contributed by atoms with Crippen LogP contribution in [0.4, 0.5) is 5.69 Å². The fraction of sp³-hybridized carbons (Fsp3) is 0.412. The second-order valence-corrected chi connectivity index (χ2v) is 6.78. The number of benzene rings is 1. The van der Waals surface area contributed by atoms with Crippen molar-refractivity contribution in [3.05, 3.63) is 51.0 Å². The summed E-state index contributed by atoms with van der Waals surface area (Å²) in [7, 11) is 0. The van der Waals surface area contributed by atoms with Crippen LogP contribution in [-0.4, -0.2) is 16.5 Å². The summed E-state index contributed by atoms with van der Waals surface area (Å²) in [6.07, 6.45) is 0.836. The van der Waals surface area contributed by atoms with Crippen LogP contribution in [0.3, 0.4) is 0 Å². The van der Waals surface area contributed by atoms with Crippen LogP contribution in [0.5, 0.6) is 0 Å². The van der Waals surface area contributed by atoms with Gasteiger partial charge in [0, 0.05) is 30.8 Å². The van der Waals surface area contributed by atoms with Gasteiger partial charge in [0.25, 0.3) is 0 Å². The van der Waals surface area contributed by atoms with E-state index in [1.165, 1.54) is 16.8 Å². The van der Waals surface area contributed by atoms with Crippen molar-refractivity contribution >= 4 is 28.9 Å². The third-order valence-corrected chi connectivity index (χ3v) is 4.70. The first-order chi connectivity index (χ1) is 10.5. The van der Waals surface area contributed by atoms with Crippen molar-refractivity contribution in [3.63, 3.8) is 0 Å². The number of aryl methyl sites for hydroxylation is 1. The van der Waals surface area contributed by atoms with E-state index in [0.29, 0.717) is 11.1 Å². The molecule has 3 rings (SSSR count). The minimum atomic E-state index is 0.232. The van der Waals surface area contributed by atoms with Crippen molar-refractivity contribution in [2.45, 2.75) is 39.7 Å². The highest BCUT2D eigenvalue weighted by molar-refractivity contribution is 6.32. The van der Waals surface area contributed by atoms with Gasteiger partial charge < -0.3 is 4.90 Å². The number of aromatic nitrogens is 2. The molecular formula is C17H19Cl2N3. The Labute approximate surface area is 141 Å². The maximum Gasteiger partial charge on any atom is 0.224 e. The predicted molar refractivity (Wildman–Crippen MR) is 92.1 cm³/mol. The molecule has 0 saturated carbocycles. The first-order valence-electron chi connectivity index (χ1n) is 7.52. The quantitative estimate of drug-likeness (QED) is 0.584. The molecule has 5 heteroatoms. The van der Waals surface area contributed by atoms with Crippen molar-refractivity contribution in [1.29, 1.82) is 0 Å². The topological polar surface area (TPSA) is 29.0 Å². The zero-order valence-corrected chi connectivity index (χ0v) is 14.5. The minimum absolute atomic E-state index is 0.232. The normalized spacial score (nSPS) is 14.4. The molecule has 1 aliphatic heterocycles. The van der Waals surface area contributed by atoms with Gasteiger partial charge in [-0.05, 0) is 41.6 Å². The van der Waals surface area contributed by atoms with Gasteiger partial charge >= 0.3 is 0 Å². The molecule has 3 nitrogen and oxygen atoms in total. The minimum Gasteiger partial charge on any atom is -0.366 e. The molecule has 1 aromatic carbocycles. The Morgan fingerprint density at radius 3 is 2.68 bits per heavy atom. The number of hydrogen-bond acceptors (Lipinski definition) is 3. The van der Waals surface area contributed by atoms with Crippen LogP contribution in [0.15, 0.2) is 18.2 Å². The van der Waals surface area contributed by atoms with Gasteiger partial charge in [-0.1, -0.05) is 37.6 Å². The molecule has 0 amide bonds. The number of rotatable bonds is 2. The molecule has 0 spiro atoms. The van der Waals surface area contributed by atoms with Gasteiger partial charge in [0.05, 0.1) is 5.69 Å². The molecule has 0 aliphatic carbocycles. The molecule has 0 bridgehead atoms. The van der Waals surface area contributed by atoms with Crippen LogP contribution in [0.25, 0.3) is 0 Å². The molecule has 1 aliphatic rings. The molecule has 0 radical (unpaired) electrons. The smallest absolute Gasteiger partial charge is 0.224 e. The number of fused-ring (bicyclic) bond motifs is 1. The second-order valence-electron chi connectivity index (χ2n) is 6.08. The van der Waals surface area contributed by atoms with Gasteiger partial charge in [-0.2, -0.15) is 0 Å². The Kier molecular flexibility index (Phi) is 4.28. The maximum atomic E-state index is 6.26. The van der Waals surface area contributed by atoms with Gasteiger partial charge in [-0.15, -0.1) is 0 Å². The van der Waals surface area contributed by atoms with Gasteiger partial charge in [0.15, 0.2) is 0 Å². The molecule has 2 aromatic rings. The van der Waals surface area contributed by atoms with E-state index in [4.69, 9.17) is 23.2 Å². The molecule has 0 N–H and O–H groups in total. The molecule has 0 fully saturated rings. The average Bonchev–Trinajstić information content (AvgIpc) is 2.47. The van der Waals surface area contributed by atoms with Crippen molar-refractivity contribution in [1.82, 2.24) is 9.97 Å². The number of halogens is 2. The van der Waals surface area contributed by atoms with Crippen LogP contribution in [-0.2, 0) is 13.0 Å². The van der Waals surface area contributed by atoms with E-state index in [9.17, 15) is 0 Å². The Bertz CT molecular complexity index is 713. The lowest BCUT2D eigenvalue weighted by molar-refractivity contribution is 0.702. The molecule has 0 saturated heterocycles. The fourth-order valence-electron chi connectivity index (χ4n) is 2.88. The van der Waals surface area contributed by atoms with E-state index in [0.717, 1.165) is 30.8 Å². The fourth-order valence-corrected chi connectivity index (χ4v) is 3.36. The number of nitrogens with zero attached hydrogens (tertiary/aromatic N) is 3. The lowest BCUT2D eigenvalue weighted by Gasteiger charge is -2.32. The van der Waals surface area contributed by atoms with Gasteiger partial charge in [-0.25, -0.2) is 9.97 Å². The summed E-state index contributed by atoms with van der Waals surface area (Å²) >= 11 is 12.2. The highest BCUT2D eigenvalue weighted by Gasteiger charge is 2.23. The van der Waals surface area contributed by atoms with Gasteiger partial charge in [0.2, 0.25) is 5.28 Å². The summed E-state index contributed by atoms with van der Waals surface area (Å²) in [5.41, 5.74) is 5.86. The van der Waals surface area contributed by atoms with Gasteiger partial charge in [-0.3, -0.25) is 0 Å². The van der Waals surface area contributed by atoms with E-state index >= 15 is 0 Å². The summed E-state index contributed by atoms with van der Waals surface area (Å²) in [4.78, 5) is 10.7. The summed E-state index contributed by atoms with van der Waals surface area (Å²) in [6.45, 7) is 8.22. The molecule has 116 valence electrons. The summed E-state index contributed by atoms with van der Waals surface area (Å²) < 4.78 is 0. The van der Waals surface area contributed by atoms with Crippen molar-refractivity contribution < 1.29 is 0 Å². The second kappa shape index (κ2) is 6.05. The molecule has 22 heavy (non-hydrogen) atoms. The summed E-state index contributed by atoms with van der Waals surface area (Å²) in [5.74, 6) is 0.516. The van der Waals surface area contributed by atoms with Crippen LogP contribution in [0.2, 0.25) is 10.4 Å². The zero-order chi connectivity index (χ0) is 15.9. The molecule has 0 unspecified atom stereocenters. The third kappa shape index (κ3) is 2.92. The van der Waals surface area contributed by atoms with Crippen molar-refractivity contribution in [3.8, 4) is 0 Å². The monoisotopic (exact) mass is 335 g/mol. The first-order valence-corrected chi connectivity index (χ1v) is 8.27. The first kappa shape index (κ1) is 15.6. The largest absolute Gasteiger partial charge is 0.366 e. The Morgan fingerprint density at radius 1 is 1.18 bits per heavy atom. The van der Waals surface area contributed by atoms with Crippen LogP contribution in [0, 0.1) is 6.92 Å². The molecule has 2 heterocycles. The predicted octanol–water partition coefficient (Wildman–Crippen LogP) is 4.78. The highest BCUT2D eigenvalue weighted by atomic mass is 35.5.